The predicted octanol–water partition coefficient (Wildman–Crippen LogP) is 3.99. The summed E-state index contributed by atoms with van der Waals surface area (Å²) >= 11 is 12.1. The molecule has 0 bridgehead atoms. The van der Waals surface area contributed by atoms with Gasteiger partial charge in [-0.1, -0.05) is 11.6 Å². The van der Waals surface area contributed by atoms with Crippen LogP contribution in [0, 0.1) is 18.3 Å². The molecule has 2 aromatic heterocycles. The van der Waals surface area contributed by atoms with E-state index in [1.807, 2.05) is 19.1 Å². The number of rotatable bonds is 2. The van der Waals surface area contributed by atoms with Gasteiger partial charge in [0, 0.05) is 10.7 Å². The Morgan fingerprint density at radius 2 is 2.05 bits per heavy atom. The predicted molar refractivity (Wildman–Crippen MR) is 82.9 cm³/mol. The fourth-order valence-corrected chi connectivity index (χ4v) is 2.57. The number of alkyl halides is 1. The largest absolute Gasteiger partial charge is 0.278 e. The second-order valence-corrected chi connectivity index (χ2v) is 5.27. The third-order valence-corrected chi connectivity index (χ3v) is 3.63. The first kappa shape index (κ1) is 13.9. The van der Waals surface area contributed by atoms with Gasteiger partial charge in [0.1, 0.15) is 17.4 Å². The maximum absolute atomic E-state index is 9.32. The Kier molecular flexibility index (Phi) is 3.54. The highest BCUT2D eigenvalue weighted by atomic mass is 35.5. The van der Waals surface area contributed by atoms with Crippen molar-refractivity contribution >= 4 is 34.4 Å². The van der Waals surface area contributed by atoms with E-state index in [1.165, 1.54) is 0 Å². The molecule has 3 aromatic rings. The van der Waals surface area contributed by atoms with Crippen LogP contribution < -0.4 is 0 Å². The van der Waals surface area contributed by atoms with Gasteiger partial charge in [0.2, 0.25) is 0 Å². The summed E-state index contributed by atoms with van der Waals surface area (Å²) in [5, 5.41) is 9.86. The SMILES string of the molecule is Cc1ccc2nc(CCl)n(-c3cc(Cl)ccc3C#N)c2n1. The summed E-state index contributed by atoms with van der Waals surface area (Å²) in [5.41, 5.74) is 3.41. The van der Waals surface area contributed by atoms with Crippen LogP contribution >= 0.6 is 23.2 Å². The summed E-state index contributed by atoms with van der Waals surface area (Å²) in [6.07, 6.45) is 0. The molecule has 0 aliphatic rings. The van der Waals surface area contributed by atoms with E-state index in [0.717, 1.165) is 11.2 Å². The van der Waals surface area contributed by atoms with Crippen molar-refractivity contribution in [3.05, 3.63) is 52.4 Å². The van der Waals surface area contributed by atoms with E-state index in [2.05, 4.69) is 16.0 Å². The molecule has 0 spiro atoms. The van der Waals surface area contributed by atoms with Gasteiger partial charge in [-0.2, -0.15) is 5.26 Å². The van der Waals surface area contributed by atoms with Crippen LogP contribution in [-0.2, 0) is 5.88 Å². The van der Waals surface area contributed by atoms with E-state index in [9.17, 15) is 5.26 Å². The number of pyridine rings is 1. The number of hydrogen-bond donors (Lipinski definition) is 0. The van der Waals surface area contributed by atoms with Crippen LogP contribution in [0.1, 0.15) is 17.1 Å². The van der Waals surface area contributed by atoms with Crippen LogP contribution in [0.2, 0.25) is 5.02 Å². The van der Waals surface area contributed by atoms with Crippen LogP contribution in [0.15, 0.2) is 30.3 Å². The molecule has 21 heavy (non-hydrogen) atoms. The van der Waals surface area contributed by atoms with Gasteiger partial charge in [0.25, 0.3) is 0 Å². The molecule has 104 valence electrons. The number of halogens is 2. The second-order valence-electron chi connectivity index (χ2n) is 4.57. The minimum Gasteiger partial charge on any atom is -0.278 e. The molecule has 0 atom stereocenters. The van der Waals surface area contributed by atoms with Crippen LogP contribution in [-0.4, -0.2) is 14.5 Å². The number of imidazole rings is 1. The van der Waals surface area contributed by atoms with Crippen molar-refractivity contribution in [1.29, 1.82) is 5.26 Å². The summed E-state index contributed by atoms with van der Waals surface area (Å²) in [6.45, 7) is 1.90. The Balaban J connectivity index is 2.41. The van der Waals surface area contributed by atoms with Gasteiger partial charge in [-0.3, -0.25) is 4.57 Å². The van der Waals surface area contributed by atoms with Gasteiger partial charge in [0.05, 0.1) is 17.1 Å². The first-order valence-corrected chi connectivity index (χ1v) is 7.16. The van der Waals surface area contributed by atoms with Crippen molar-refractivity contribution in [2.24, 2.45) is 0 Å². The number of hydrogen-bond acceptors (Lipinski definition) is 3. The lowest BCUT2D eigenvalue weighted by atomic mass is 10.2. The molecule has 0 aliphatic carbocycles. The molecule has 4 nitrogen and oxygen atoms in total. The maximum Gasteiger partial charge on any atom is 0.165 e. The highest BCUT2D eigenvalue weighted by molar-refractivity contribution is 6.30. The fraction of sp³-hybridized carbons (Fsp3) is 0.133. The molecule has 6 heteroatoms. The Morgan fingerprint density at radius 3 is 2.76 bits per heavy atom. The summed E-state index contributed by atoms with van der Waals surface area (Å²) in [6, 6.07) is 11.0. The third kappa shape index (κ3) is 2.35. The van der Waals surface area contributed by atoms with Crippen LogP contribution in [0.4, 0.5) is 0 Å². The average molecular weight is 317 g/mol. The van der Waals surface area contributed by atoms with Gasteiger partial charge in [0.15, 0.2) is 5.65 Å². The van der Waals surface area contributed by atoms with Crippen molar-refractivity contribution in [2.45, 2.75) is 12.8 Å². The van der Waals surface area contributed by atoms with Crippen LogP contribution in [0.25, 0.3) is 16.9 Å². The zero-order chi connectivity index (χ0) is 15.0. The Labute approximate surface area is 131 Å². The van der Waals surface area contributed by atoms with Crippen molar-refractivity contribution in [2.75, 3.05) is 0 Å². The zero-order valence-corrected chi connectivity index (χ0v) is 12.7. The normalized spacial score (nSPS) is 10.8. The third-order valence-electron chi connectivity index (χ3n) is 3.15. The molecular weight excluding hydrogens is 307 g/mol. The summed E-state index contributed by atoms with van der Waals surface area (Å²) in [4.78, 5) is 8.98. The first-order chi connectivity index (χ1) is 10.1. The van der Waals surface area contributed by atoms with E-state index in [-0.39, 0.29) is 5.88 Å². The lowest BCUT2D eigenvalue weighted by molar-refractivity contribution is 0.963. The molecule has 2 heterocycles. The van der Waals surface area contributed by atoms with E-state index in [4.69, 9.17) is 23.2 Å². The summed E-state index contributed by atoms with van der Waals surface area (Å²) < 4.78 is 1.79. The van der Waals surface area contributed by atoms with Gasteiger partial charge >= 0.3 is 0 Å². The van der Waals surface area contributed by atoms with Gasteiger partial charge in [-0.15, -0.1) is 11.6 Å². The van der Waals surface area contributed by atoms with E-state index >= 15 is 0 Å². The van der Waals surface area contributed by atoms with Crippen molar-refractivity contribution < 1.29 is 0 Å². The van der Waals surface area contributed by atoms with Gasteiger partial charge < -0.3 is 0 Å². The minimum atomic E-state index is 0.215. The molecule has 3 rings (SSSR count). The molecule has 0 N–H and O–H groups in total. The molecule has 1 aromatic carbocycles. The van der Waals surface area contributed by atoms with E-state index in [1.54, 1.807) is 22.8 Å². The van der Waals surface area contributed by atoms with Crippen LogP contribution in [0.3, 0.4) is 0 Å². The zero-order valence-electron chi connectivity index (χ0n) is 11.1. The minimum absolute atomic E-state index is 0.215. The van der Waals surface area contributed by atoms with Crippen molar-refractivity contribution in [3.8, 4) is 11.8 Å². The van der Waals surface area contributed by atoms with Gasteiger partial charge in [-0.05, 0) is 37.3 Å². The lowest BCUT2D eigenvalue weighted by Gasteiger charge is -2.09. The topological polar surface area (TPSA) is 54.5 Å². The Bertz CT molecular complexity index is 877. The number of aromatic nitrogens is 3. The average Bonchev–Trinajstić information content (AvgIpc) is 2.84. The molecule has 0 unspecified atom stereocenters. The standard InChI is InChI=1S/C15H10Cl2N4/c1-9-2-5-12-15(19-9)21(14(7-16)20-12)13-6-11(17)4-3-10(13)8-18/h2-6H,7H2,1H3. The number of nitrogens with zero attached hydrogens (tertiary/aromatic N) is 4. The quantitative estimate of drug-likeness (QED) is 0.672. The molecule has 0 radical (unpaired) electrons. The fourth-order valence-electron chi connectivity index (χ4n) is 2.23. The van der Waals surface area contributed by atoms with E-state index in [0.29, 0.717) is 27.7 Å². The number of benzene rings is 1. The maximum atomic E-state index is 9.32. The van der Waals surface area contributed by atoms with E-state index < -0.39 is 0 Å². The molecule has 0 saturated heterocycles. The van der Waals surface area contributed by atoms with Crippen LogP contribution in [0.5, 0.6) is 0 Å². The smallest absolute Gasteiger partial charge is 0.165 e. The van der Waals surface area contributed by atoms with Crippen molar-refractivity contribution in [3.63, 3.8) is 0 Å². The summed E-state index contributed by atoms with van der Waals surface area (Å²) in [5.74, 6) is 0.843. The molecule has 0 amide bonds. The number of aryl methyl sites for hydroxylation is 1. The number of fused-ring (bicyclic) bond motifs is 1. The monoisotopic (exact) mass is 316 g/mol. The molecular formula is C15H10Cl2N4. The molecule has 0 saturated carbocycles. The Hall–Kier alpha value is -2.09. The summed E-state index contributed by atoms with van der Waals surface area (Å²) in [7, 11) is 0. The van der Waals surface area contributed by atoms with Crippen molar-refractivity contribution in [1.82, 2.24) is 14.5 Å². The lowest BCUT2D eigenvalue weighted by Crippen LogP contribution is -2.03. The first-order valence-electron chi connectivity index (χ1n) is 6.25. The second kappa shape index (κ2) is 5.36. The Morgan fingerprint density at radius 1 is 1.24 bits per heavy atom. The number of nitriles is 1. The van der Waals surface area contributed by atoms with Gasteiger partial charge in [-0.25, -0.2) is 9.97 Å². The highest BCUT2D eigenvalue weighted by Crippen LogP contribution is 2.26. The molecule has 0 fully saturated rings. The molecule has 0 aliphatic heterocycles. The highest BCUT2D eigenvalue weighted by Gasteiger charge is 2.16.